The SMILES string of the molecule is CC(=O)C(C)Oc1ccc(Br)cc1C. The van der Waals surface area contributed by atoms with E-state index in [2.05, 4.69) is 15.9 Å². The van der Waals surface area contributed by atoms with Gasteiger partial charge in [0.05, 0.1) is 0 Å². The summed E-state index contributed by atoms with van der Waals surface area (Å²) in [6.07, 6.45) is -0.380. The van der Waals surface area contributed by atoms with Crippen molar-refractivity contribution in [2.75, 3.05) is 0 Å². The molecule has 0 saturated heterocycles. The van der Waals surface area contributed by atoms with Gasteiger partial charge in [0.15, 0.2) is 11.9 Å². The molecular formula is C11H13BrO2. The largest absolute Gasteiger partial charge is 0.483 e. The van der Waals surface area contributed by atoms with Crippen LogP contribution in [0.2, 0.25) is 0 Å². The first-order valence-corrected chi connectivity index (χ1v) is 5.23. The molecule has 1 aromatic carbocycles. The Labute approximate surface area is 92.4 Å². The van der Waals surface area contributed by atoms with Crippen LogP contribution in [-0.2, 0) is 4.79 Å². The molecule has 0 saturated carbocycles. The van der Waals surface area contributed by atoms with Gasteiger partial charge in [-0.15, -0.1) is 0 Å². The zero-order chi connectivity index (χ0) is 10.7. The number of rotatable bonds is 3. The molecule has 2 nitrogen and oxygen atoms in total. The number of halogens is 1. The molecule has 1 atom stereocenters. The molecule has 0 amide bonds. The van der Waals surface area contributed by atoms with Gasteiger partial charge in [-0.1, -0.05) is 15.9 Å². The number of hydrogen-bond acceptors (Lipinski definition) is 2. The average Bonchev–Trinajstić information content (AvgIpc) is 2.09. The van der Waals surface area contributed by atoms with Crippen molar-refractivity contribution < 1.29 is 9.53 Å². The highest BCUT2D eigenvalue weighted by Crippen LogP contribution is 2.23. The molecule has 0 radical (unpaired) electrons. The molecule has 0 spiro atoms. The molecule has 0 fully saturated rings. The van der Waals surface area contributed by atoms with Crippen molar-refractivity contribution in [2.24, 2.45) is 0 Å². The van der Waals surface area contributed by atoms with Crippen LogP contribution in [0.1, 0.15) is 19.4 Å². The van der Waals surface area contributed by atoms with Crippen molar-refractivity contribution in [3.05, 3.63) is 28.2 Å². The molecule has 0 N–H and O–H groups in total. The Hall–Kier alpha value is -0.830. The Balaban J connectivity index is 2.82. The second-order valence-electron chi connectivity index (χ2n) is 3.28. The number of Topliss-reactive ketones (excluding diaryl/α,β-unsaturated/α-hetero) is 1. The fraction of sp³-hybridized carbons (Fsp3) is 0.364. The number of aryl methyl sites for hydroxylation is 1. The third-order valence-electron chi connectivity index (χ3n) is 2.01. The van der Waals surface area contributed by atoms with Gasteiger partial charge in [-0.2, -0.15) is 0 Å². The summed E-state index contributed by atoms with van der Waals surface area (Å²) in [5.41, 5.74) is 1.02. The van der Waals surface area contributed by atoms with E-state index in [1.165, 1.54) is 6.92 Å². The lowest BCUT2D eigenvalue weighted by atomic mass is 10.2. The highest BCUT2D eigenvalue weighted by Gasteiger charge is 2.10. The lowest BCUT2D eigenvalue weighted by molar-refractivity contribution is -0.122. The standard InChI is InChI=1S/C11H13BrO2/c1-7-6-10(12)4-5-11(7)14-9(3)8(2)13/h4-6,9H,1-3H3. The maximum Gasteiger partial charge on any atom is 0.169 e. The lowest BCUT2D eigenvalue weighted by Gasteiger charge is -2.13. The second kappa shape index (κ2) is 4.60. The van der Waals surface area contributed by atoms with E-state index in [9.17, 15) is 4.79 Å². The Morgan fingerprint density at radius 1 is 1.50 bits per heavy atom. The number of benzene rings is 1. The van der Waals surface area contributed by atoms with E-state index < -0.39 is 0 Å². The van der Waals surface area contributed by atoms with E-state index in [1.54, 1.807) is 6.92 Å². The minimum absolute atomic E-state index is 0.0346. The van der Waals surface area contributed by atoms with Crippen molar-refractivity contribution in [3.8, 4) is 5.75 Å². The zero-order valence-corrected chi connectivity index (χ0v) is 10.1. The van der Waals surface area contributed by atoms with Gasteiger partial charge in [0, 0.05) is 4.47 Å². The molecule has 14 heavy (non-hydrogen) atoms. The van der Waals surface area contributed by atoms with E-state index in [4.69, 9.17) is 4.74 Å². The maximum atomic E-state index is 11.0. The minimum atomic E-state index is -0.380. The predicted octanol–water partition coefficient (Wildman–Crippen LogP) is 3.11. The Bertz CT molecular complexity index is 347. The van der Waals surface area contributed by atoms with Crippen LogP contribution in [0.15, 0.2) is 22.7 Å². The van der Waals surface area contributed by atoms with Gasteiger partial charge < -0.3 is 4.74 Å². The lowest BCUT2D eigenvalue weighted by Crippen LogP contribution is -2.21. The molecule has 0 aliphatic rings. The van der Waals surface area contributed by atoms with Crippen molar-refractivity contribution in [3.63, 3.8) is 0 Å². The molecule has 0 aliphatic carbocycles. The summed E-state index contributed by atoms with van der Waals surface area (Å²) < 4.78 is 6.50. The van der Waals surface area contributed by atoms with Crippen LogP contribution >= 0.6 is 15.9 Å². The summed E-state index contributed by atoms with van der Waals surface area (Å²) in [5.74, 6) is 0.795. The van der Waals surface area contributed by atoms with E-state index >= 15 is 0 Å². The summed E-state index contributed by atoms with van der Waals surface area (Å²) in [6.45, 7) is 5.23. The fourth-order valence-electron chi connectivity index (χ4n) is 1.02. The summed E-state index contributed by atoms with van der Waals surface area (Å²) in [5, 5.41) is 0. The third kappa shape index (κ3) is 2.84. The molecule has 3 heteroatoms. The van der Waals surface area contributed by atoms with E-state index in [0.717, 1.165) is 15.8 Å². The molecular weight excluding hydrogens is 244 g/mol. The number of ether oxygens (including phenoxy) is 1. The second-order valence-corrected chi connectivity index (χ2v) is 4.20. The van der Waals surface area contributed by atoms with Crippen LogP contribution in [0.3, 0.4) is 0 Å². The average molecular weight is 257 g/mol. The van der Waals surface area contributed by atoms with E-state index in [1.807, 2.05) is 25.1 Å². The van der Waals surface area contributed by atoms with Gasteiger partial charge in [0.25, 0.3) is 0 Å². The topological polar surface area (TPSA) is 26.3 Å². The van der Waals surface area contributed by atoms with Gasteiger partial charge in [0.1, 0.15) is 5.75 Å². The van der Waals surface area contributed by atoms with Crippen LogP contribution in [0.4, 0.5) is 0 Å². The maximum absolute atomic E-state index is 11.0. The molecule has 0 bridgehead atoms. The van der Waals surface area contributed by atoms with Crippen LogP contribution in [0.5, 0.6) is 5.75 Å². The molecule has 1 rings (SSSR count). The first kappa shape index (κ1) is 11.2. The summed E-state index contributed by atoms with van der Waals surface area (Å²) in [6, 6.07) is 5.72. The van der Waals surface area contributed by atoms with Gasteiger partial charge in [-0.25, -0.2) is 0 Å². The normalized spacial score (nSPS) is 12.3. The number of carbonyl (C=O) groups is 1. The Morgan fingerprint density at radius 3 is 2.64 bits per heavy atom. The van der Waals surface area contributed by atoms with Crippen LogP contribution in [0, 0.1) is 6.92 Å². The van der Waals surface area contributed by atoms with Crippen LogP contribution in [-0.4, -0.2) is 11.9 Å². The van der Waals surface area contributed by atoms with Gasteiger partial charge in [-0.3, -0.25) is 4.79 Å². The van der Waals surface area contributed by atoms with E-state index in [0.29, 0.717) is 0 Å². The van der Waals surface area contributed by atoms with Crippen molar-refractivity contribution in [2.45, 2.75) is 26.9 Å². The Morgan fingerprint density at radius 2 is 2.14 bits per heavy atom. The zero-order valence-electron chi connectivity index (χ0n) is 8.50. The predicted molar refractivity (Wildman–Crippen MR) is 59.7 cm³/mol. The quantitative estimate of drug-likeness (QED) is 0.831. The molecule has 0 aliphatic heterocycles. The first-order chi connectivity index (χ1) is 6.50. The van der Waals surface area contributed by atoms with Gasteiger partial charge in [-0.05, 0) is 44.5 Å². The summed E-state index contributed by atoms with van der Waals surface area (Å²) >= 11 is 3.37. The Kier molecular flexibility index (Phi) is 3.69. The van der Waals surface area contributed by atoms with Gasteiger partial charge >= 0.3 is 0 Å². The molecule has 0 aromatic heterocycles. The van der Waals surface area contributed by atoms with Gasteiger partial charge in [0.2, 0.25) is 0 Å². The highest BCUT2D eigenvalue weighted by molar-refractivity contribution is 9.10. The van der Waals surface area contributed by atoms with Crippen LogP contribution < -0.4 is 4.74 Å². The van der Waals surface area contributed by atoms with Crippen LogP contribution in [0.25, 0.3) is 0 Å². The van der Waals surface area contributed by atoms with E-state index in [-0.39, 0.29) is 11.9 Å². The number of ketones is 1. The van der Waals surface area contributed by atoms with Crippen molar-refractivity contribution >= 4 is 21.7 Å². The summed E-state index contributed by atoms with van der Waals surface area (Å²) in [7, 11) is 0. The third-order valence-corrected chi connectivity index (χ3v) is 2.51. The fourth-order valence-corrected chi connectivity index (χ4v) is 1.49. The highest BCUT2D eigenvalue weighted by atomic mass is 79.9. The summed E-state index contributed by atoms with van der Waals surface area (Å²) in [4.78, 5) is 11.0. The molecule has 0 heterocycles. The first-order valence-electron chi connectivity index (χ1n) is 4.44. The molecule has 1 unspecified atom stereocenters. The minimum Gasteiger partial charge on any atom is -0.483 e. The van der Waals surface area contributed by atoms with Crippen molar-refractivity contribution in [1.29, 1.82) is 0 Å². The van der Waals surface area contributed by atoms with Crippen molar-refractivity contribution in [1.82, 2.24) is 0 Å². The smallest absolute Gasteiger partial charge is 0.169 e. The monoisotopic (exact) mass is 256 g/mol. The molecule has 1 aromatic rings. The number of carbonyl (C=O) groups excluding carboxylic acids is 1. The number of hydrogen-bond donors (Lipinski definition) is 0. The molecule has 76 valence electrons.